The van der Waals surface area contributed by atoms with Crippen LogP contribution in [0.15, 0.2) is 24.3 Å². The van der Waals surface area contributed by atoms with Crippen LogP contribution in [-0.2, 0) is 13.6 Å². The zero-order valence-electron chi connectivity index (χ0n) is 13.2. The van der Waals surface area contributed by atoms with E-state index in [9.17, 15) is 9.50 Å². The van der Waals surface area contributed by atoms with Crippen molar-refractivity contribution in [3.8, 4) is 0 Å². The molecular formula is C17H21FN4O. The normalized spacial score (nSPS) is 25.2. The summed E-state index contributed by atoms with van der Waals surface area (Å²) in [6.45, 7) is 1.20. The molecule has 6 heteroatoms. The van der Waals surface area contributed by atoms with Gasteiger partial charge in [0.15, 0.2) is 0 Å². The molecule has 0 unspecified atom stereocenters. The molecule has 1 aliphatic carbocycles. The quantitative estimate of drug-likeness (QED) is 0.939. The molecule has 1 aromatic heterocycles. The first-order valence-corrected chi connectivity index (χ1v) is 8.17. The van der Waals surface area contributed by atoms with Crippen molar-refractivity contribution < 1.29 is 9.50 Å². The number of nitrogens with zero attached hydrogens (tertiary/aromatic N) is 4. The molecule has 1 saturated heterocycles. The summed E-state index contributed by atoms with van der Waals surface area (Å²) >= 11 is 0. The minimum Gasteiger partial charge on any atom is -0.392 e. The number of hydrogen-bond donors (Lipinski definition) is 1. The van der Waals surface area contributed by atoms with Gasteiger partial charge in [-0.2, -0.15) is 0 Å². The monoisotopic (exact) mass is 316 g/mol. The molecule has 2 atom stereocenters. The van der Waals surface area contributed by atoms with E-state index < -0.39 is 0 Å². The van der Waals surface area contributed by atoms with E-state index in [1.54, 1.807) is 12.1 Å². The first-order chi connectivity index (χ1) is 11.1. The minimum absolute atomic E-state index is 0.0155. The van der Waals surface area contributed by atoms with Crippen LogP contribution in [0.5, 0.6) is 0 Å². The number of aliphatic hydroxyl groups excluding tert-OH is 1. The molecule has 1 aliphatic heterocycles. The van der Waals surface area contributed by atoms with Crippen LogP contribution in [0, 0.1) is 5.82 Å². The van der Waals surface area contributed by atoms with Gasteiger partial charge in [-0.15, -0.1) is 10.2 Å². The van der Waals surface area contributed by atoms with E-state index in [4.69, 9.17) is 0 Å². The Morgan fingerprint density at radius 1 is 1.30 bits per heavy atom. The third kappa shape index (κ3) is 2.88. The molecule has 1 saturated carbocycles. The number of aromatic nitrogens is 3. The van der Waals surface area contributed by atoms with Gasteiger partial charge in [0, 0.05) is 25.6 Å². The summed E-state index contributed by atoms with van der Waals surface area (Å²) in [4.78, 5) is 2.17. The van der Waals surface area contributed by atoms with E-state index in [1.807, 2.05) is 13.1 Å². The molecule has 2 fully saturated rings. The number of benzene rings is 1. The highest BCUT2D eigenvalue weighted by atomic mass is 19.1. The summed E-state index contributed by atoms with van der Waals surface area (Å²) in [5, 5.41) is 18.7. The van der Waals surface area contributed by atoms with Gasteiger partial charge < -0.3 is 9.67 Å². The molecule has 23 heavy (non-hydrogen) atoms. The van der Waals surface area contributed by atoms with Gasteiger partial charge in [-0.3, -0.25) is 4.90 Å². The molecule has 0 amide bonds. The van der Waals surface area contributed by atoms with Gasteiger partial charge in [-0.1, -0.05) is 12.1 Å². The fraction of sp³-hybridized carbons (Fsp3) is 0.529. The number of likely N-dealkylation sites (tertiary alicyclic amines) is 1. The maximum Gasteiger partial charge on any atom is 0.146 e. The van der Waals surface area contributed by atoms with Crippen LogP contribution in [0.4, 0.5) is 4.39 Å². The van der Waals surface area contributed by atoms with Crippen LogP contribution in [0.3, 0.4) is 0 Å². The van der Waals surface area contributed by atoms with Crippen LogP contribution < -0.4 is 0 Å². The lowest BCUT2D eigenvalue weighted by Gasteiger charge is -2.24. The molecule has 1 aromatic carbocycles. The number of aliphatic hydroxyl groups is 1. The van der Waals surface area contributed by atoms with Crippen molar-refractivity contribution in [1.29, 1.82) is 0 Å². The van der Waals surface area contributed by atoms with Crippen molar-refractivity contribution >= 4 is 0 Å². The Labute approximate surface area is 134 Å². The van der Waals surface area contributed by atoms with Crippen molar-refractivity contribution in [1.82, 2.24) is 19.7 Å². The number of β-amino-alcohol motifs (C(OH)–C–C–N with tert-alkyl or cyclic N) is 1. The van der Waals surface area contributed by atoms with Gasteiger partial charge in [-0.25, -0.2) is 4.39 Å². The van der Waals surface area contributed by atoms with Gasteiger partial charge in [0.2, 0.25) is 0 Å². The Bertz CT molecular complexity index is 712. The van der Waals surface area contributed by atoms with Crippen LogP contribution in [0.2, 0.25) is 0 Å². The summed E-state index contributed by atoms with van der Waals surface area (Å²) in [5.74, 6) is 2.28. The summed E-state index contributed by atoms with van der Waals surface area (Å²) in [5.41, 5.74) is 0.908. The largest absolute Gasteiger partial charge is 0.392 e. The Kier molecular flexibility index (Phi) is 3.66. The van der Waals surface area contributed by atoms with E-state index in [0.29, 0.717) is 25.4 Å². The first kappa shape index (κ1) is 14.8. The van der Waals surface area contributed by atoms with Crippen LogP contribution in [0.1, 0.15) is 48.4 Å². The third-order valence-electron chi connectivity index (χ3n) is 4.90. The Hall–Kier alpha value is -1.79. The third-order valence-corrected chi connectivity index (χ3v) is 4.90. The second-order valence-corrected chi connectivity index (χ2v) is 6.70. The molecule has 0 radical (unpaired) electrons. The topological polar surface area (TPSA) is 54.2 Å². The first-order valence-electron chi connectivity index (χ1n) is 8.17. The molecule has 2 heterocycles. The molecular weight excluding hydrogens is 295 g/mol. The summed E-state index contributed by atoms with van der Waals surface area (Å²) in [7, 11) is 2.01. The fourth-order valence-corrected chi connectivity index (χ4v) is 3.51. The number of rotatable bonds is 4. The highest BCUT2D eigenvalue weighted by Crippen LogP contribution is 2.39. The predicted octanol–water partition coefficient (Wildman–Crippen LogP) is 2.14. The minimum atomic E-state index is -0.389. The lowest BCUT2D eigenvalue weighted by atomic mass is 10.0. The molecule has 0 bridgehead atoms. The molecule has 122 valence electrons. The second-order valence-electron chi connectivity index (χ2n) is 6.70. The van der Waals surface area contributed by atoms with E-state index in [0.717, 1.165) is 17.2 Å². The maximum absolute atomic E-state index is 13.5. The van der Waals surface area contributed by atoms with E-state index in [1.165, 1.54) is 18.9 Å². The molecule has 5 nitrogen and oxygen atoms in total. The van der Waals surface area contributed by atoms with Crippen molar-refractivity contribution in [2.45, 2.75) is 43.9 Å². The lowest BCUT2D eigenvalue weighted by molar-refractivity contribution is 0.170. The van der Waals surface area contributed by atoms with E-state index in [-0.39, 0.29) is 18.0 Å². The van der Waals surface area contributed by atoms with Crippen LogP contribution in [-0.4, -0.2) is 37.4 Å². The van der Waals surface area contributed by atoms with Crippen molar-refractivity contribution in [2.75, 3.05) is 6.54 Å². The van der Waals surface area contributed by atoms with Gasteiger partial charge in [-0.05, 0) is 37.0 Å². The van der Waals surface area contributed by atoms with Gasteiger partial charge >= 0.3 is 0 Å². The molecule has 2 aliphatic rings. The second kappa shape index (κ2) is 5.69. The lowest BCUT2D eigenvalue weighted by Crippen LogP contribution is -2.26. The summed E-state index contributed by atoms with van der Waals surface area (Å²) in [6, 6.07) is 6.67. The molecule has 0 spiro atoms. The Morgan fingerprint density at radius 3 is 2.87 bits per heavy atom. The SMILES string of the molecule is Cn1c(CN2C[C@H](O)C[C@@H]2c2cccc(F)c2)nnc1C1CC1. The maximum atomic E-state index is 13.5. The zero-order valence-corrected chi connectivity index (χ0v) is 13.2. The summed E-state index contributed by atoms with van der Waals surface area (Å²) < 4.78 is 15.6. The smallest absolute Gasteiger partial charge is 0.146 e. The van der Waals surface area contributed by atoms with Crippen LogP contribution in [0.25, 0.3) is 0 Å². The average Bonchev–Trinajstić information content (AvgIpc) is 3.21. The van der Waals surface area contributed by atoms with Gasteiger partial charge in [0.25, 0.3) is 0 Å². The predicted molar refractivity (Wildman–Crippen MR) is 83.2 cm³/mol. The molecule has 4 rings (SSSR count). The molecule has 2 aromatic rings. The van der Waals surface area contributed by atoms with Crippen molar-refractivity contribution in [2.24, 2.45) is 7.05 Å². The highest BCUT2D eigenvalue weighted by Gasteiger charge is 2.34. The highest BCUT2D eigenvalue weighted by molar-refractivity contribution is 5.22. The van der Waals surface area contributed by atoms with Crippen molar-refractivity contribution in [3.63, 3.8) is 0 Å². The standard InChI is InChI=1S/C17H21FN4O/c1-21-16(19-20-17(21)11-5-6-11)10-22-9-14(23)8-15(22)12-3-2-4-13(18)7-12/h2-4,7,11,14-15,23H,5-6,8-10H2,1H3/t14-,15-/m1/s1. The Balaban J connectivity index is 1.56. The van der Waals surface area contributed by atoms with Gasteiger partial charge in [0.05, 0.1) is 12.6 Å². The molecule has 1 N–H and O–H groups in total. The fourth-order valence-electron chi connectivity index (χ4n) is 3.51. The van der Waals surface area contributed by atoms with E-state index >= 15 is 0 Å². The number of halogens is 1. The van der Waals surface area contributed by atoms with Gasteiger partial charge in [0.1, 0.15) is 17.5 Å². The Morgan fingerprint density at radius 2 is 2.13 bits per heavy atom. The van der Waals surface area contributed by atoms with Crippen molar-refractivity contribution in [3.05, 3.63) is 47.3 Å². The van der Waals surface area contributed by atoms with Crippen LogP contribution >= 0.6 is 0 Å². The summed E-state index contributed by atoms with van der Waals surface area (Å²) in [6.07, 6.45) is 2.62. The average molecular weight is 316 g/mol. The number of hydrogen-bond acceptors (Lipinski definition) is 4. The zero-order chi connectivity index (χ0) is 16.0. The van der Waals surface area contributed by atoms with E-state index in [2.05, 4.69) is 19.7 Å².